The SMILES string of the molecule is Cl.NCC(Cc1ccc(OCCOC2CCNCC2)cc1)C(=O)N1CCCc2cc(C(F)(F)F)ccc21. The molecule has 0 spiro atoms. The van der Waals surface area contributed by atoms with Crippen LogP contribution in [0.4, 0.5) is 18.9 Å². The second kappa shape index (κ2) is 13.5. The molecule has 2 aromatic carbocycles. The number of nitrogens with two attached hydrogens (primary N) is 1. The van der Waals surface area contributed by atoms with Gasteiger partial charge in [0.15, 0.2) is 0 Å². The number of fused-ring (bicyclic) bond motifs is 1. The van der Waals surface area contributed by atoms with Crippen LogP contribution in [0.15, 0.2) is 42.5 Å². The standard InChI is InChI=1S/C27H34F3N3O3.ClH/c28-27(29,30)22-5-8-25-20(17-22)2-1-13-33(25)26(34)21(18-31)16-19-3-6-23(7-4-19)35-14-15-36-24-9-11-32-12-10-24;/h3-8,17,21,24,32H,1-2,9-16,18,31H2;1H. The van der Waals surface area contributed by atoms with Crippen LogP contribution in [0.25, 0.3) is 0 Å². The molecular formula is C27H35ClF3N3O3. The molecule has 1 amide bonds. The Kier molecular flexibility index (Phi) is 10.6. The zero-order valence-corrected chi connectivity index (χ0v) is 21.6. The minimum Gasteiger partial charge on any atom is -0.491 e. The summed E-state index contributed by atoms with van der Waals surface area (Å²) in [6, 6.07) is 11.2. The van der Waals surface area contributed by atoms with E-state index in [0.29, 0.717) is 56.4 Å². The maximum atomic E-state index is 13.3. The quantitative estimate of drug-likeness (QED) is 0.461. The number of alkyl halides is 3. The second-order valence-corrected chi connectivity index (χ2v) is 9.38. The third-order valence-corrected chi connectivity index (χ3v) is 6.82. The van der Waals surface area contributed by atoms with E-state index in [9.17, 15) is 18.0 Å². The normalized spacial score (nSPS) is 17.0. The number of nitrogens with one attached hydrogen (secondary N) is 1. The van der Waals surface area contributed by atoms with Crippen LogP contribution < -0.4 is 20.7 Å². The summed E-state index contributed by atoms with van der Waals surface area (Å²) in [5, 5.41) is 3.31. The van der Waals surface area contributed by atoms with Crippen LogP contribution in [-0.2, 0) is 28.5 Å². The second-order valence-electron chi connectivity index (χ2n) is 9.38. The summed E-state index contributed by atoms with van der Waals surface area (Å²) in [6.07, 6.45) is -0.495. The lowest BCUT2D eigenvalue weighted by Crippen LogP contribution is -2.42. The number of piperidine rings is 1. The van der Waals surface area contributed by atoms with Crippen LogP contribution in [0.2, 0.25) is 0 Å². The topological polar surface area (TPSA) is 76.8 Å². The monoisotopic (exact) mass is 541 g/mol. The number of rotatable bonds is 9. The highest BCUT2D eigenvalue weighted by Crippen LogP contribution is 2.35. The first-order chi connectivity index (χ1) is 17.3. The highest BCUT2D eigenvalue weighted by Gasteiger charge is 2.33. The molecule has 3 N–H and O–H groups in total. The molecule has 6 nitrogen and oxygen atoms in total. The molecule has 0 aromatic heterocycles. The third-order valence-electron chi connectivity index (χ3n) is 6.82. The summed E-state index contributed by atoms with van der Waals surface area (Å²) < 4.78 is 51.0. The fraction of sp³-hybridized carbons (Fsp3) is 0.519. The first kappa shape index (κ1) is 29.2. The van der Waals surface area contributed by atoms with Gasteiger partial charge in [0.2, 0.25) is 5.91 Å². The molecule has 1 unspecified atom stereocenters. The van der Waals surface area contributed by atoms with Crippen molar-refractivity contribution in [2.75, 3.05) is 44.3 Å². The summed E-state index contributed by atoms with van der Waals surface area (Å²) in [4.78, 5) is 14.9. The van der Waals surface area contributed by atoms with Gasteiger partial charge in [0.1, 0.15) is 12.4 Å². The van der Waals surface area contributed by atoms with Crippen molar-refractivity contribution >= 4 is 24.0 Å². The van der Waals surface area contributed by atoms with Crippen molar-refractivity contribution in [2.24, 2.45) is 11.7 Å². The van der Waals surface area contributed by atoms with Crippen molar-refractivity contribution in [3.05, 3.63) is 59.2 Å². The molecule has 0 aliphatic carbocycles. The summed E-state index contributed by atoms with van der Waals surface area (Å²) >= 11 is 0. The Bertz CT molecular complexity index is 1010. The molecule has 204 valence electrons. The lowest BCUT2D eigenvalue weighted by molar-refractivity contribution is -0.137. The van der Waals surface area contributed by atoms with Gasteiger partial charge >= 0.3 is 6.18 Å². The molecule has 2 aromatic rings. The van der Waals surface area contributed by atoms with Gasteiger partial charge in [-0.15, -0.1) is 12.4 Å². The molecule has 0 saturated carbocycles. The van der Waals surface area contributed by atoms with Crippen molar-refractivity contribution in [1.82, 2.24) is 5.32 Å². The van der Waals surface area contributed by atoms with Crippen LogP contribution >= 0.6 is 12.4 Å². The van der Waals surface area contributed by atoms with Crippen LogP contribution in [0.3, 0.4) is 0 Å². The molecule has 2 aliphatic rings. The fourth-order valence-electron chi connectivity index (χ4n) is 4.84. The van der Waals surface area contributed by atoms with Crippen LogP contribution in [0.1, 0.15) is 36.0 Å². The van der Waals surface area contributed by atoms with Gasteiger partial charge in [-0.3, -0.25) is 4.79 Å². The lowest BCUT2D eigenvalue weighted by Gasteiger charge is -2.32. The first-order valence-corrected chi connectivity index (χ1v) is 12.6. The summed E-state index contributed by atoms with van der Waals surface area (Å²) in [5.74, 6) is 0.103. The third kappa shape index (κ3) is 7.83. The number of carbonyl (C=O) groups excluding carboxylic acids is 1. The number of carbonyl (C=O) groups is 1. The van der Waals surface area contributed by atoms with Gasteiger partial charge in [0, 0.05) is 18.8 Å². The highest BCUT2D eigenvalue weighted by atomic mass is 35.5. The van der Waals surface area contributed by atoms with Gasteiger partial charge in [-0.25, -0.2) is 0 Å². The predicted octanol–water partition coefficient (Wildman–Crippen LogP) is 4.37. The van der Waals surface area contributed by atoms with Gasteiger partial charge in [0.05, 0.1) is 24.2 Å². The smallest absolute Gasteiger partial charge is 0.416 e. The van der Waals surface area contributed by atoms with Crippen LogP contribution in [0.5, 0.6) is 5.75 Å². The molecule has 2 heterocycles. The van der Waals surface area contributed by atoms with Gasteiger partial charge in [-0.05, 0) is 86.7 Å². The predicted molar refractivity (Wildman–Crippen MR) is 139 cm³/mol. The Morgan fingerprint density at radius 3 is 2.51 bits per heavy atom. The summed E-state index contributed by atoms with van der Waals surface area (Å²) in [7, 11) is 0. The zero-order chi connectivity index (χ0) is 25.5. The average molecular weight is 542 g/mol. The Morgan fingerprint density at radius 1 is 1.11 bits per heavy atom. The Balaban J connectivity index is 0.00000380. The molecule has 0 radical (unpaired) electrons. The van der Waals surface area contributed by atoms with E-state index in [1.807, 2.05) is 24.3 Å². The molecule has 4 rings (SSSR count). The Morgan fingerprint density at radius 2 is 1.84 bits per heavy atom. The van der Waals surface area contributed by atoms with Gasteiger partial charge in [-0.1, -0.05) is 12.1 Å². The maximum absolute atomic E-state index is 13.3. The van der Waals surface area contributed by atoms with Gasteiger partial charge < -0.3 is 25.4 Å². The van der Waals surface area contributed by atoms with E-state index >= 15 is 0 Å². The molecule has 0 bridgehead atoms. The minimum absolute atomic E-state index is 0. The Hall–Kier alpha value is -2.33. The van der Waals surface area contributed by atoms with E-state index in [-0.39, 0.29) is 24.9 Å². The number of nitrogens with zero attached hydrogens (tertiary/aromatic N) is 1. The molecule has 10 heteroatoms. The van der Waals surface area contributed by atoms with Crippen molar-refractivity contribution in [2.45, 2.75) is 44.4 Å². The number of benzene rings is 2. The van der Waals surface area contributed by atoms with Gasteiger partial charge in [0.25, 0.3) is 0 Å². The van der Waals surface area contributed by atoms with Crippen molar-refractivity contribution in [1.29, 1.82) is 0 Å². The largest absolute Gasteiger partial charge is 0.491 e. The molecular weight excluding hydrogens is 507 g/mol. The minimum atomic E-state index is -4.41. The molecule has 37 heavy (non-hydrogen) atoms. The summed E-state index contributed by atoms with van der Waals surface area (Å²) in [5.41, 5.74) is 7.32. The van der Waals surface area contributed by atoms with Gasteiger partial charge in [-0.2, -0.15) is 13.2 Å². The zero-order valence-electron chi connectivity index (χ0n) is 20.8. The van der Waals surface area contributed by atoms with E-state index in [0.717, 1.165) is 49.4 Å². The highest BCUT2D eigenvalue weighted by molar-refractivity contribution is 5.96. The van der Waals surface area contributed by atoms with Crippen LogP contribution in [0, 0.1) is 5.92 Å². The molecule has 2 aliphatic heterocycles. The lowest BCUT2D eigenvalue weighted by atomic mass is 9.94. The summed E-state index contributed by atoms with van der Waals surface area (Å²) in [6.45, 7) is 3.61. The van der Waals surface area contributed by atoms with E-state index in [1.54, 1.807) is 4.90 Å². The van der Waals surface area contributed by atoms with Crippen molar-refractivity contribution in [3.8, 4) is 5.75 Å². The molecule has 1 saturated heterocycles. The van der Waals surface area contributed by atoms with Crippen molar-refractivity contribution in [3.63, 3.8) is 0 Å². The number of hydrogen-bond acceptors (Lipinski definition) is 5. The number of hydrogen-bond donors (Lipinski definition) is 2. The molecule has 1 atom stereocenters. The average Bonchev–Trinajstić information content (AvgIpc) is 2.89. The number of aryl methyl sites for hydroxylation is 1. The van der Waals surface area contributed by atoms with Crippen LogP contribution in [-0.4, -0.2) is 51.4 Å². The number of amides is 1. The Labute approximate surface area is 222 Å². The van der Waals surface area contributed by atoms with E-state index in [1.165, 1.54) is 6.07 Å². The van der Waals surface area contributed by atoms with E-state index < -0.39 is 17.7 Å². The van der Waals surface area contributed by atoms with E-state index in [4.69, 9.17) is 15.2 Å². The first-order valence-electron chi connectivity index (χ1n) is 12.6. The number of anilines is 1. The maximum Gasteiger partial charge on any atom is 0.416 e. The number of ether oxygens (including phenoxy) is 2. The van der Waals surface area contributed by atoms with Crippen molar-refractivity contribution < 1.29 is 27.4 Å². The molecule has 1 fully saturated rings. The fourth-order valence-corrected chi connectivity index (χ4v) is 4.84. The van der Waals surface area contributed by atoms with E-state index in [2.05, 4.69) is 5.32 Å². The number of halogens is 4.